The fourth-order valence-corrected chi connectivity index (χ4v) is 1.53. The highest BCUT2D eigenvalue weighted by molar-refractivity contribution is 6.11. The molecule has 0 bridgehead atoms. The smallest absolute Gasteiger partial charge is 0.218 e. The van der Waals surface area contributed by atoms with Crippen LogP contribution in [0.5, 0.6) is 0 Å². The van der Waals surface area contributed by atoms with Gasteiger partial charge in [0.1, 0.15) is 5.82 Å². The van der Waals surface area contributed by atoms with Crippen LogP contribution in [-0.2, 0) is 14.3 Å². The van der Waals surface area contributed by atoms with Crippen molar-refractivity contribution >= 4 is 11.6 Å². The second-order valence-electron chi connectivity index (χ2n) is 3.80. The number of rotatable bonds is 6. The second kappa shape index (κ2) is 6.37. The first-order chi connectivity index (χ1) is 8.51. The van der Waals surface area contributed by atoms with Crippen molar-refractivity contribution in [2.45, 2.75) is 13.2 Å². The minimum absolute atomic E-state index is 0.281. The fraction of sp³-hybridized carbons (Fsp3) is 0.385. The highest BCUT2D eigenvalue weighted by Crippen LogP contribution is 2.13. The largest absolute Gasteiger partial charge is 0.349 e. The van der Waals surface area contributed by atoms with Crippen LogP contribution in [0.25, 0.3) is 0 Å². The number of benzene rings is 1. The Balaban J connectivity index is 2.83. The standard InChI is InChI=1S/C13H15FO4/c1-8(12(16)13(17-2)18-3)11(15)9-4-6-10(14)7-5-9/h4-8,13H,1-3H3. The lowest BCUT2D eigenvalue weighted by Crippen LogP contribution is -2.34. The van der Waals surface area contributed by atoms with Gasteiger partial charge >= 0.3 is 0 Å². The number of hydrogen-bond donors (Lipinski definition) is 0. The third-order valence-corrected chi connectivity index (χ3v) is 2.61. The van der Waals surface area contributed by atoms with E-state index in [0.717, 1.165) is 0 Å². The van der Waals surface area contributed by atoms with E-state index < -0.39 is 23.8 Å². The van der Waals surface area contributed by atoms with E-state index in [2.05, 4.69) is 0 Å². The molecule has 4 nitrogen and oxygen atoms in total. The number of ether oxygens (including phenoxy) is 2. The summed E-state index contributed by atoms with van der Waals surface area (Å²) in [5.74, 6) is -2.19. The predicted octanol–water partition coefficient (Wildman–Crippen LogP) is 1.83. The quantitative estimate of drug-likeness (QED) is 0.441. The van der Waals surface area contributed by atoms with Gasteiger partial charge in [-0.25, -0.2) is 4.39 Å². The lowest BCUT2D eigenvalue weighted by Gasteiger charge is -2.16. The molecule has 1 aromatic carbocycles. The van der Waals surface area contributed by atoms with E-state index in [1.54, 1.807) is 0 Å². The Labute approximate surface area is 105 Å². The summed E-state index contributed by atoms with van der Waals surface area (Å²) in [6.45, 7) is 1.47. The van der Waals surface area contributed by atoms with Crippen molar-refractivity contribution in [2.24, 2.45) is 5.92 Å². The van der Waals surface area contributed by atoms with Crippen molar-refractivity contribution in [1.29, 1.82) is 0 Å². The van der Waals surface area contributed by atoms with Crippen molar-refractivity contribution < 1.29 is 23.5 Å². The second-order valence-corrected chi connectivity index (χ2v) is 3.80. The van der Waals surface area contributed by atoms with Gasteiger partial charge in [-0.1, -0.05) is 0 Å². The topological polar surface area (TPSA) is 52.6 Å². The van der Waals surface area contributed by atoms with Gasteiger partial charge in [0.15, 0.2) is 11.6 Å². The van der Waals surface area contributed by atoms with E-state index >= 15 is 0 Å². The fourth-order valence-electron chi connectivity index (χ4n) is 1.53. The summed E-state index contributed by atoms with van der Waals surface area (Å²) in [5.41, 5.74) is 0.281. The summed E-state index contributed by atoms with van der Waals surface area (Å²) in [6, 6.07) is 5.04. The number of ketones is 2. The first kappa shape index (κ1) is 14.5. The van der Waals surface area contributed by atoms with Crippen molar-refractivity contribution in [3.63, 3.8) is 0 Å². The zero-order valence-electron chi connectivity index (χ0n) is 10.5. The predicted molar refractivity (Wildman–Crippen MR) is 62.7 cm³/mol. The van der Waals surface area contributed by atoms with E-state index in [-0.39, 0.29) is 11.3 Å². The van der Waals surface area contributed by atoms with Crippen molar-refractivity contribution in [1.82, 2.24) is 0 Å². The summed E-state index contributed by atoms with van der Waals surface area (Å²) < 4.78 is 22.3. The first-order valence-electron chi connectivity index (χ1n) is 5.40. The van der Waals surface area contributed by atoms with E-state index in [4.69, 9.17) is 9.47 Å². The minimum atomic E-state index is -1.07. The van der Waals surface area contributed by atoms with Crippen LogP contribution in [0.15, 0.2) is 24.3 Å². The maximum atomic E-state index is 12.7. The van der Waals surface area contributed by atoms with Crippen LogP contribution in [0.3, 0.4) is 0 Å². The van der Waals surface area contributed by atoms with Crippen LogP contribution < -0.4 is 0 Å². The van der Waals surface area contributed by atoms with E-state index in [9.17, 15) is 14.0 Å². The molecule has 98 valence electrons. The first-order valence-corrected chi connectivity index (χ1v) is 5.40. The van der Waals surface area contributed by atoms with Gasteiger partial charge < -0.3 is 9.47 Å². The normalized spacial score (nSPS) is 12.5. The maximum absolute atomic E-state index is 12.7. The molecule has 0 amide bonds. The van der Waals surface area contributed by atoms with Crippen LogP contribution in [-0.4, -0.2) is 32.1 Å². The summed E-state index contributed by atoms with van der Waals surface area (Å²) in [5, 5.41) is 0. The molecular formula is C13H15FO4. The molecule has 0 saturated heterocycles. The van der Waals surface area contributed by atoms with E-state index in [0.29, 0.717) is 0 Å². The Morgan fingerprint density at radius 1 is 1.11 bits per heavy atom. The van der Waals surface area contributed by atoms with Gasteiger partial charge in [0, 0.05) is 19.8 Å². The lowest BCUT2D eigenvalue weighted by molar-refractivity contribution is -0.158. The van der Waals surface area contributed by atoms with E-state index in [1.807, 2.05) is 0 Å². The van der Waals surface area contributed by atoms with Crippen LogP contribution in [0.4, 0.5) is 4.39 Å². The molecule has 0 aliphatic carbocycles. The molecule has 0 aliphatic rings. The van der Waals surface area contributed by atoms with Gasteiger partial charge in [-0.2, -0.15) is 0 Å². The van der Waals surface area contributed by atoms with Gasteiger partial charge in [-0.3, -0.25) is 9.59 Å². The molecule has 0 radical (unpaired) electrons. The molecule has 0 aliphatic heterocycles. The van der Waals surface area contributed by atoms with Crippen LogP contribution >= 0.6 is 0 Å². The highest BCUT2D eigenvalue weighted by Gasteiger charge is 2.29. The number of carbonyl (C=O) groups excluding carboxylic acids is 2. The molecule has 0 aromatic heterocycles. The Hall–Kier alpha value is -1.59. The molecule has 18 heavy (non-hydrogen) atoms. The molecule has 1 unspecified atom stereocenters. The molecular weight excluding hydrogens is 239 g/mol. The third kappa shape index (κ3) is 3.21. The van der Waals surface area contributed by atoms with Gasteiger partial charge in [-0.05, 0) is 31.2 Å². The molecule has 0 fully saturated rings. The Kier molecular flexibility index (Phi) is 5.12. The van der Waals surface area contributed by atoms with Gasteiger partial charge in [0.2, 0.25) is 6.29 Å². The van der Waals surface area contributed by atoms with Crippen molar-refractivity contribution in [2.75, 3.05) is 14.2 Å². The summed E-state index contributed by atoms with van der Waals surface area (Å²) in [4.78, 5) is 23.8. The van der Waals surface area contributed by atoms with Crippen molar-refractivity contribution in [3.8, 4) is 0 Å². The highest BCUT2D eigenvalue weighted by atomic mass is 19.1. The molecule has 0 saturated carbocycles. The third-order valence-electron chi connectivity index (χ3n) is 2.61. The van der Waals surface area contributed by atoms with E-state index in [1.165, 1.54) is 45.4 Å². The molecule has 0 spiro atoms. The molecule has 5 heteroatoms. The maximum Gasteiger partial charge on any atom is 0.218 e. The average molecular weight is 254 g/mol. The molecule has 0 heterocycles. The zero-order valence-corrected chi connectivity index (χ0v) is 10.5. The number of methoxy groups -OCH3 is 2. The van der Waals surface area contributed by atoms with Gasteiger partial charge in [0.25, 0.3) is 0 Å². The molecule has 1 aromatic rings. The monoisotopic (exact) mass is 254 g/mol. The van der Waals surface area contributed by atoms with Crippen molar-refractivity contribution in [3.05, 3.63) is 35.6 Å². The number of Topliss-reactive ketones (excluding diaryl/α,β-unsaturated/α-hetero) is 2. The number of halogens is 1. The Morgan fingerprint density at radius 2 is 1.61 bits per heavy atom. The van der Waals surface area contributed by atoms with Crippen LogP contribution in [0, 0.1) is 11.7 Å². The SMILES string of the molecule is COC(OC)C(=O)C(C)C(=O)c1ccc(F)cc1. The summed E-state index contributed by atoms with van der Waals surface area (Å²) in [6.07, 6.45) is -1.07. The Morgan fingerprint density at radius 3 is 2.06 bits per heavy atom. The average Bonchev–Trinajstić information content (AvgIpc) is 2.39. The molecule has 0 N–H and O–H groups in total. The number of carbonyl (C=O) groups is 2. The summed E-state index contributed by atoms with van der Waals surface area (Å²) >= 11 is 0. The van der Waals surface area contributed by atoms with Crippen LogP contribution in [0.2, 0.25) is 0 Å². The van der Waals surface area contributed by atoms with Gasteiger partial charge in [-0.15, -0.1) is 0 Å². The van der Waals surface area contributed by atoms with Crippen LogP contribution in [0.1, 0.15) is 17.3 Å². The zero-order chi connectivity index (χ0) is 13.7. The van der Waals surface area contributed by atoms with Gasteiger partial charge in [0.05, 0.1) is 5.92 Å². The number of hydrogen-bond acceptors (Lipinski definition) is 4. The Bertz CT molecular complexity index is 423. The molecule has 1 atom stereocenters. The lowest BCUT2D eigenvalue weighted by atomic mass is 9.95. The minimum Gasteiger partial charge on any atom is -0.349 e. The molecule has 1 rings (SSSR count). The summed E-state index contributed by atoms with van der Waals surface area (Å²) in [7, 11) is 2.64.